The zero-order valence-electron chi connectivity index (χ0n) is 14.5. The van der Waals surface area contributed by atoms with Gasteiger partial charge in [-0.1, -0.05) is 6.07 Å². The van der Waals surface area contributed by atoms with Gasteiger partial charge in [0.1, 0.15) is 5.82 Å². The molecule has 0 unspecified atom stereocenters. The average Bonchev–Trinajstić information content (AvgIpc) is 3.26. The molecule has 0 bridgehead atoms. The van der Waals surface area contributed by atoms with Crippen LogP contribution in [0.4, 0.5) is 11.5 Å². The fourth-order valence-electron chi connectivity index (χ4n) is 4.27. The van der Waals surface area contributed by atoms with Crippen LogP contribution in [0.3, 0.4) is 0 Å². The molecule has 1 aromatic carbocycles. The summed E-state index contributed by atoms with van der Waals surface area (Å²) in [5.41, 5.74) is 3.94. The molecule has 0 aliphatic carbocycles. The molecule has 5 rings (SSSR count). The number of anilines is 2. The minimum Gasteiger partial charge on any atom is -0.353 e. The molecule has 0 saturated carbocycles. The number of amides is 2. The summed E-state index contributed by atoms with van der Waals surface area (Å²) in [6.45, 7) is 3.70. The van der Waals surface area contributed by atoms with Crippen molar-refractivity contribution in [3.8, 4) is 0 Å². The summed E-state index contributed by atoms with van der Waals surface area (Å²) in [7, 11) is 0. The Morgan fingerprint density at radius 3 is 2.58 bits per heavy atom. The summed E-state index contributed by atoms with van der Waals surface area (Å²) < 4.78 is 0. The van der Waals surface area contributed by atoms with Gasteiger partial charge in [0.2, 0.25) is 5.91 Å². The first-order valence-corrected chi connectivity index (χ1v) is 9.12. The molecular weight excluding hydrogens is 328 g/mol. The lowest BCUT2D eigenvalue weighted by Gasteiger charge is -2.35. The number of pyridine rings is 1. The van der Waals surface area contributed by atoms with Crippen molar-refractivity contribution < 1.29 is 9.59 Å². The van der Waals surface area contributed by atoms with E-state index < -0.39 is 0 Å². The molecule has 6 nitrogen and oxygen atoms in total. The predicted octanol–water partition coefficient (Wildman–Crippen LogP) is 1.49. The van der Waals surface area contributed by atoms with Gasteiger partial charge in [-0.3, -0.25) is 9.59 Å². The van der Waals surface area contributed by atoms with Crippen molar-refractivity contribution in [1.29, 1.82) is 0 Å². The quantitative estimate of drug-likeness (QED) is 0.825. The van der Waals surface area contributed by atoms with Crippen LogP contribution in [0.5, 0.6) is 0 Å². The van der Waals surface area contributed by atoms with E-state index >= 15 is 0 Å². The Bertz CT molecular complexity index is 888. The Balaban J connectivity index is 1.33. The van der Waals surface area contributed by atoms with E-state index in [9.17, 15) is 9.59 Å². The molecule has 3 aliphatic rings. The minimum absolute atomic E-state index is 0.0718. The number of carbonyl (C=O) groups is 2. The molecule has 4 heterocycles. The summed E-state index contributed by atoms with van der Waals surface area (Å²) in [5.74, 6) is 1.19. The summed E-state index contributed by atoms with van der Waals surface area (Å²) in [5, 5.41) is 0. The van der Waals surface area contributed by atoms with Gasteiger partial charge < -0.3 is 14.7 Å². The molecule has 2 amide bonds. The van der Waals surface area contributed by atoms with Gasteiger partial charge in [0, 0.05) is 44.5 Å². The van der Waals surface area contributed by atoms with Crippen molar-refractivity contribution in [1.82, 2.24) is 9.88 Å². The zero-order valence-corrected chi connectivity index (χ0v) is 14.5. The normalized spacial score (nSPS) is 18.5. The van der Waals surface area contributed by atoms with E-state index in [0.29, 0.717) is 19.5 Å². The topological polar surface area (TPSA) is 56.8 Å². The van der Waals surface area contributed by atoms with Crippen LogP contribution in [0.15, 0.2) is 36.5 Å². The van der Waals surface area contributed by atoms with E-state index in [1.54, 1.807) is 6.20 Å². The van der Waals surface area contributed by atoms with Gasteiger partial charge in [0.15, 0.2) is 0 Å². The highest BCUT2D eigenvalue weighted by molar-refractivity contribution is 6.05. The third-order valence-electron chi connectivity index (χ3n) is 5.57. The molecule has 1 aromatic heterocycles. The molecule has 3 aliphatic heterocycles. The maximum absolute atomic E-state index is 13.0. The van der Waals surface area contributed by atoms with Crippen molar-refractivity contribution in [3.05, 3.63) is 53.2 Å². The van der Waals surface area contributed by atoms with Crippen molar-refractivity contribution >= 4 is 23.3 Å². The van der Waals surface area contributed by atoms with Crippen LogP contribution in [0.2, 0.25) is 0 Å². The van der Waals surface area contributed by atoms with Gasteiger partial charge in [0.05, 0.1) is 12.1 Å². The van der Waals surface area contributed by atoms with Crippen molar-refractivity contribution in [2.45, 2.75) is 12.8 Å². The third kappa shape index (κ3) is 2.36. The number of nitrogens with zero attached hydrogens (tertiary/aromatic N) is 4. The molecule has 6 heteroatoms. The molecular formula is C20H20N4O2. The summed E-state index contributed by atoms with van der Waals surface area (Å²) in [6, 6.07) is 9.81. The van der Waals surface area contributed by atoms with Crippen LogP contribution in [0.1, 0.15) is 21.5 Å². The van der Waals surface area contributed by atoms with Crippen molar-refractivity contribution in [2.24, 2.45) is 0 Å². The molecule has 26 heavy (non-hydrogen) atoms. The monoisotopic (exact) mass is 348 g/mol. The van der Waals surface area contributed by atoms with Gasteiger partial charge >= 0.3 is 0 Å². The maximum atomic E-state index is 13.0. The Kier molecular flexibility index (Phi) is 3.45. The smallest absolute Gasteiger partial charge is 0.253 e. The summed E-state index contributed by atoms with van der Waals surface area (Å²) >= 11 is 0. The van der Waals surface area contributed by atoms with Gasteiger partial charge in [-0.05, 0) is 41.8 Å². The number of piperazine rings is 1. The SMILES string of the molecule is O=C(c1cc2c3c(c1)CC(=O)N3CC2)N1CCN(c2ccccn2)CC1. The van der Waals surface area contributed by atoms with E-state index in [2.05, 4.69) is 9.88 Å². The van der Waals surface area contributed by atoms with Gasteiger partial charge in [0.25, 0.3) is 5.91 Å². The molecule has 132 valence electrons. The first kappa shape index (κ1) is 15.4. The largest absolute Gasteiger partial charge is 0.353 e. The molecule has 1 saturated heterocycles. The Labute approximate surface area is 152 Å². The second-order valence-corrected chi connectivity index (χ2v) is 7.08. The number of rotatable bonds is 2. The van der Waals surface area contributed by atoms with Crippen LogP contribution >= 0.6 is 0 Å². The standard InChI is InChI=1S/C20H20N4O2/c25-18-13-15-12-16(11-14-4-6-24(18)19(14)15)20(26)23-9-7-22(8-10-23)17-3-1-2-5-21-17/h1-3,5,11-12H,4,6-10,13H2. The first-order chi connectivity index (χ1) is 12.7. The molecule has 0 N–H and O–H groups in total. The minimum atomic E-state index is 0.0718. The van der Waals surface area contributed by atoms with E-state index in [0.717, 1.165) is 54.3 Å². The van der Waals surface area contributed by atoms with Crippen LogP contribution in [0, 0.1) is 0 Å². The zero-order chi connectivity index (χ0) is 17.7. The highest BCUT2D eigenvalue weighted by atomic mass is 16.2. The molecule has 0 spiro atoms. The number of benzene rings is 1. The van der Waals surface area contributed by atoms with E-state index in [4.69, 9.17) is 0 Å². The second-order valence-electron chi connectivity index (χ2n) is 7.08. The van der Waals surface area contributed by atoms with Crippen LogP contribution < -0.4 is 9.80 Å². The highest BCUT2D eigenvalue weighted by Crippen LogP contribution is 2.38. The lowest BCUT2D eigenvalue weighted by molar-refractivity contribution is -0.117. The fourth-order valence-corrected chi connectivity index (χ4v) is 4.27. The lowest BCUT2D eigenvalue weighted by Crippen LogP contribution is -2.49. The van der Waals surface area contributed by atoms with Crippen LogP contribution in [-0.2, 0) is 17.6 Å². The predicted molar refractivity (Wildman–Crippen MR) is 98.6 cm³/mol. The number of hydrogen-bond donors (Lipinski definition) is 0. The van der Waals surface area contributed by atoms with E-state index in [1.807, 2.05) is 40.1 Å². The number of aromatic nitrogens is 1. The van der Waals surface area contributed by atoms with Gasteiger partial charge in [-0.2, -0.15) is 0 Å². The van der Waals surface area contributed by atoms with Crippen LogP contribution in [0.25, 0.3) is 0 Å². The number of hydrogen-bond acceptors (Lipinski definition) is 4. The Hall–Kier alpha value is -2.89. The second kappa shape index (κ2) is 5.83. The van der Waals surface area contributed by atoms with Crippen LogP contribution in [-0.4, -0.2) is 54.4 Å². The fraction of sp³-hybridized carbons (Fsp3) is 0.350. The lowest BCUT2D eigenvalue weighted by atomic mass is 10.0. The van der Waals surface area contributed by atoms with E-state index in [-0.39, 0.29) is 11.8 Å². The molecule has 0 radical (unpaired) electrons. The third-order valence-corrected chi connectivity index (χ3v) is 5.57. The van der Waals surface area contributed by atoms with E-state index in [1.165, 1.54) is 0 Å². The summed E-state index contributed by atoms with van der Waals surface area (Å²) in [6.07, 6.45) is 3.07. The summed E-state index contributed by atoms with van der Waals surface area (Å²) in [4.78, 5) is 35.4. The highest BCUT2D eigenvalue weighted by Gasteiger charge is 2.35. The first-order valence-electron chi connectivity index (χ1n) is 9.12. The van der Waals surface area contributed by atoms with Crippen molar-refractivity contribution in [2.75, 3.05) is 42.5 Å². The number of carbonyl (C=O) groups excluding carboxylic acids is 2. The average molecular weight is 348 g/mol. The Morgan fingerprint density at radius 1 is 1.00 bits per heavy atom. The van der Waals surface area contributed by atoms with Crippen molar-refractivity contribution in [3.63, 3.8) is 0 Å². The molecule has 2 aromatic rings. The van der Waals surface area contributed by atoms with Gasteiger partial charge in [-0.15, -0.1) is 0 Å². The Morgan fingerprint density at radius 2 is 1.81 bits per heavy atom. The maximum Gasteiger partial charge on any atom is 0.253 e. The molecule has 0 atom stereocenters. The molecule has 1 fully saturated rings. The van der Waals surface area contributed by atoms with Gasteiger partial charge in [-0.25, -0.2) is 4.98 Å².